The lowest BCUT2D eigenvalue weighted by molar-refractivity contribution is 0.0850. The van der Waals surface area contributed by atoms with Crippen molar-refractivity contribution in [3.63, 3.8) is 0 Å². The van der Waals surface area contributed by atoms with Gasteiger partial charge in [0.25, 0.3) is 5.91 Å². The van der Waals surface area contributed by atoms with Gasteiger partial charge in [-0.1, -0.05) is 12.1 Å². The number of aliphatic hydroxyl groups excluding tert-OH is 1. The Balaban J connectivity index is 2.12. The second-order valence-electron chi connectivity index (χ2n) is 5.47. The minimum absolute atomic E-state index is 0.291. The molecule has 0 bridgehead atoms. The zero-order chi connectivity index (χ0) is 16.4. The van der Waals surface area contributed by atoms with E-state index in [2.05, 4.69) is 5.32 Å². The number of furan rings is 1. The predicted octanol–water partition coefficient (Wildman–Crippen LogP) is 3.20. The van der Waals surface area contributed by atoms with Gasteiger partial charge in [0.15, 0.2) is 0 Å². The van der Waals surface area contributed by atoms with Crippen LogP contribution in [0.1, 0.15) is 46.0 Å². The third-order valence-electron chi connectivity index (χ3n) is 3.83. The van der Waals surface area contributed by atoms with Gasteiger partial charge in [-0.05, 0) is 45.4 Å². The second-order valence-corrected chi connectivity index (χ2v) is 5.47. The van der Waals surface area contributed by atoms with Crippen molar-refractivity contribution in [3.8, 4) is 0 Å². The van der Waals surface area contributed by atoms with Gasteiger partial charge in [-0.3, -0.25) is 4.79 Å². The van der Waals surface area contributed by atoms with E-state index >= 15 is 0 Å². The van der Waals surface area contributed by atoms with E-state index in [9.17, 15) is 14.3 Å². The first-order valence-electron chi connectivity index (χ1n) is 7.12. The van der Waals surface area contributed by atoms with Crippen LogP contribution in [0.2, 0.25) is 0 Å². The summed E-state index contributed by atoms with van der Waals surface area (Å²) in [4.78, 5) is 12.4. The van der Waals surface area contributed by atoms with Crippen LogP contribution in [0.15, 0.2) is 28.7 Å². The molecule has 2 N–H and O–H groups in total. The van der Waals surface area contributed by atoms with Crippen molar-refractivity contribution in [1.29, 1.82) is 0 Å². The summed E-state index contributed by atoms with van der Waals surface area (Å²) in [6.07, 6.45) is -0.918. The molecule has 0 aliphatic carbocycles. The summed E-state index contributed by atoms with van der Waals surface area (Å²) < 4.78 is 18.4. The lowest BCUT2D eigenvalue weighted by atomic mass is 10.0. The van der Waals surface area contributed by atoms with Crippen molar-refractivity contribution in [1.82, 2.24) is 5.32 Å². The number of rotatable bonds is 4. The van der Waals surface area contributed by atoms with Crippen LogP contribution in [0.5, 0.6) is 0 Å². The molecular formula is C17H20FNO3. The van der Waals surface area contributed by atoms with Gasteiger partial charge in [-0.25, -0.2) is 4.39 Å². The maximum Gasteiger partial charge on any atom is 0.255 e. The van der Waals surface area contributed by atoms with E-state index < -0.39 is 12.1 Å². The Morgan fingerprint density at radius 1 is 1.18 bits per heavy atom. The average molecular weight is 305 g/mol. The molecule has 4 nitrogen and oxygen atoms in total. The summed E-state index contributed by atoms with van der Waals surface area (Å²) in [6, 6.07) is 5.04. The number of aliphatic hydroxyl groups is 1. The molecule has 5 heteroatoms. The Morgan fingerprint density at radius 3 is 2.27 bits per heavy atom. The van der Waals surface area contributed by atoms with Crippen molar-refractivity contribution in [2.24, 2.45) is 0 Å². The zero-order valence-electron chi connectivity index (χ0n) is 13.1. The molecule has 1 aromatic carbocycles. The van der Waals surface area contributed by atoms with E-state index in [-0.39, 0.29) is 11.7 Å². The number of halogens is 1. The molecule has 0 aliphatic heterocycles. The molecule has 2 atom stereocenters. The van der Waals surface area contributed by atoms with Crippen LogP contribution in [0.4, 0.5) is 4.39 Å². The minimum Gasteiger partial charge on any atom is -0.466 e. The van der Waals surface area contributed by atoms with E-state index in [1.807, 2.05) is 6.92 Å². The Hall–Kier alpha value is -2.14. The number of carbonyl (C=O) groups excluding carboxylic acids is 1. The standard InChI is InChI=1S/C17H20FNO3/c1-9-11(3)22-12(4)15(9)17(21)19-10(2)16(20)13-5-7-14(18)8-6-13/h5-8,10,16,20H,1-4H3,(H,19,21). The fraction of sp³-hybridized carbons (Fsp3) is 0.353. The molecule has 2 unspecified atom stereocenters. The van der Waals surface area contributed by atoms with Gasteiger partial charge in [0, 0.05) is 5.56 Å². The van der Waals surface area contributed by atoms with Crippen LogP contribution in [0.25, 0.3) is 0 Å². The van der Waals surface area contributed by atoms with Crippen molar-refractivity contribution in [3.05, 3.63) is 58.3 Å². The van der Waals surface area contributed by atoms with Gasteiger partial charge in [0.1, 0.15) is 17.3 Å². The molecule has 0 radical (unpaired) electrons. The van der Waals surface area contributed by atoms with Crippen LogP contribution in [-0.4, -0.2) is 17.1 Å². The third-order valence-corrected chi connectivity index (χ3v) is 3.83. The monoisotopic (exact) mass is 305 g/mol. The SMILES string of the molecule is Cc1oc(C)c(C(=O)NC(C)C(O)c2ccc(F)cc2)c1C. The van der Waals surface area contributed by atoms with Gasteiger partial charge in [-0.15, -0.1) is 0 Å². The van der Waals surface area contributed by atoms with Gasteiger partial charge >= 0.3 is 0 Å². The molecule has 1 aromatic heterocycles. The summed E-state index contributed by atoms with van der Waals surface area (Å²) in [5, 5.41) is 13.0. The second kappa shape index (κ2) is 6.32. The molecule has 0 spiro atoms. The van der Waals surface area contributed by atoms with E-state index in [0.29, 0.717) is 22.6 Å². The molecule has 0 saturated carbocycles. The highest BCUT2D eigenvalue weighted by Crippen LogP contribution is 2.22. The first kappa shape index (κ1) is 16.2. The molecule has 1 heterocycles. The Kier molecular flexibility index (Phi) is 4.66. The normalized spacial score (nSPS) is 13.7. The van der Waals surface area contributed by atoms with Gasteiger partial charge < -0.3 is 14.8 Å². The van der Waals surface area contributed by atoms with Crippen LogP contribution in [-0.2, 0) is 0 Å². The molecule has 0 saturated heterocycles. The number of aryl methyl sites for hydroxylation is 2. The molecule has 0 aliphatic rings. The highest BCUT2D eigenvalue weighted by Gasteiger charge is 2.23. The van der Waals surface area contributed by atoms with E-state index in [4.69, 9.17) is 4.42 Å². The predicted molar refractivity (Wildman–Crippen MR) is 81.2 cm³/mol. The van der Waals surface area contributed by atoms with E-state index in [1.54, 1.807) is 20.8 Å². The first-order chi connectivity index (χ1) is 10.3. The minimum atomic E-state index is -0.918. The van der Waals surface area contributed by atoms with Gasteiger partial charge in [0.2, 0.25) is 0 Å². The number of carbonyl (C=O) groups is 1. The van der Waals surface area contributed by atoms with Crippen molar-refractivity contribution in [2.45, 2.75) is 39.8 Å². The Morgan fingerprint density at radius 2 is 1.77 bits per heavy atom. The quantitative estimate of drug-likeness (QED) is 0.912. The van der Waals surface area contributed by atoms with E-state index in [0.717, 1.165) is 5.56 Å². The summed E-state index contributed by atoms with van der Waals surface area (Å²) in [6.45, 7) is 7.05. The van der Waals surface area contributed by atoms with Gasteiger partial charge in [0.05, 0.1) is 17.7 Å². The number of nitrogens with one attached hydrogen (secondary N) is 1. The highest BCUT2D eigenvalue weighted by atomic mass is 19.1. The Labute approximate surface area is 129 Å². The number of hydrogen-bond donors (Lipinski definition) is 2. The largest absolute Gasteiger partial charge is 0.466 e. The maximum absolute atomic E-state index is 12.9. The maximum atomic E-state index is 12.9. The number of amides is 1. The van der Waals surface area contributed by atoms with Gasteiger partial charge in [-0.2, -0.15) is 0 Å². The van der Waals surface area contributed by atoms with Crippen molar-refractivity contribution >= 4 is 5.91 Å². The first-order valence-corrected chi connectivity index (χ1v) is 7.12. The topological polar surface area (TPSA) is 62.5 Å². The van der Waals surface area contributed by atoms with Crippen LogP contribution in [0, 0.1) is 26.6 Å². The fourth-order valence-electron chi connectivity index (χ4n) is 2.43. The Bertz CT molecular complexity index is 676. The average Bonchev–Trinajstić information content (AvgIpc) is 2.72. The van der Waals surface area contributed by atoms with Crippen molar-refractivity contribution < 1.29 is 18.7 Å². The van der Waals surface area contributed by atoms with E-state index in [1.165, 1.54) is 24.3 Å². The molecule has 0 fully saturated rings. The summed E-state index contributed by atoms with van der Waals surface area (Å²) >= 11 is 0. The van der Waals surface area contributed by atoms with Crippen LogP contribution in [0.3, 0.4) is 0 Å². The third kappa shape index (κ3) is 3.20. The highest BCUT2D eigenvalue weighted by molar-refractivity contribution is 5.97. The summed E-state index contributed by atoms with van der Waals surface area (Å²) in [7, 11) is 0. The number of benzene rings is 1. The molecule has 22 heavy (non-hydrogen) atoms. The van der Waals surface area contributed by atoms with Crippen molar-refractivity contribution in [2.75, 3.05) is 0 Å². The van der Waals surface area contributed by atoms with Crippen LogP contribution >= 0.6 is 0 Å². The lowest BCUT2D eigenvalue weighted by Crippen LogP contribution is -2.37. The fourth-order valence-corrected chi connectivity index (χ4v) is 2.43. The molecule has 1 amide bonds. The summed E-state index contributed by atoms with van der Waals surface area (Å²) in [5.74, 6) is 0.596. The smallest absolute Gasteiger partial charge is 0.255 e. The van der Waals surface area contributed by atoms with Crippen LogP contribution < -0.4 is 5.32 Å². The molecular weight excluding hydrogens is 285 g/mol. The molecule has 2 rings (SSSR count). The molecule has 118 valence electrons. The lowest BCUT2D eigenvalue weighted by Gasteiger charge is -2.20. The summed E-state index contributed by atoms with van der Waals surface area (Å²) in [5.41, 5.74) is 1.83. The molecule has 2 aromatic rings. The number of hydrogen-bond acceptors (Lipinski definition) is 3. The zero-order valence-corrected chi connectivity index (χ0v) is 13.1.